The molecule has 0 saturated carbocycles. The van der Waals surface area contributed by atoms with Crippen LogP contribution in [0.3, 0.4) is 0 Å². The van der Waals surface area contributed by atoms with Gasteiger partial charge in [0.05, 0.1) is 6.54 Å². The molecule has 0 aromatic heterocycles. The van der Waals surface area contributed by atoms with Gasteiger partial charge in [-0.25, -0.2) is 4.79 Å². The van der Waals surface area contributed by atoms with Crippen molar-refractivity contribution in [2.45, 2.75) is 50.4 Å². The third-order valence-corrected chi connectivity index (χ3v) is 3.66. The standard InChI is InChI=1S/C13H23NO6/c1-12(2,3)20-11(16)14-6-8(15)9-10(14)13(17-4,18-5)7-19-9/h8-10,15H,6-7H2,1-5H3/t8-,9+,10-/m0/s1. The van der Waals surface area contributed by atoms with E-state index in [1.165, 1.54) is 19.1 Å². The molecule has 0 aromatic rings. The number of amides is 1. The summed E-state index contributed by atoms with van der Waals surface area (Å²) >= 11 is 0. The SMILES string of the molecule is COC1(OC)CO[C@H]2[C@@H]1N(C(=O)OC(C)(C)C)C[C@@H]2O. The van der Waals surface area contributed by atoms with Crippen molar-refractivity contribution in [1.29, 1.82) is 0 Å². The molecule has 116 valence electrons. The normalized spacial score (nSPS) is 32.3. The number of likely N-dealkylation sites (tertiary alicyclic amines) is 1. The third-order valence-electron chi connectivity index (χ3n) is 3.66. The summed E-state index contributed by atoms with van der Waals surface area (Å²) in [6.45, 7) is 5.67. The van der Waals surface area contributed by atoms with E-state index in [-0.39, 0.29) is 13.2 Å². The number of methoxy groups -OCH3 is 2. The average molecular weight is 289 g/mol. The number of carbonyl (C=O) groups is 1. The van der Waals surface area contributed by atoms with Gasteiger partial charge in [-0.2, -0.15) is 0 Å². The number of aliphatic hydroxyl groups is 1. The van der Waals surface area contributed by atoms with Crippen LogP contribution in [-0.4, -0.2) is 73.1 Å². The first-order chi connectivity index (χ1) is 9.24. The van der Waals surface area contributed by atoms with Crippen molar-refractivity contribution in [1.82, 2.24) is 4.90 Å². The Morgan fingerprint density at radius 2 is 1.95 bits per heavy atom. The highest BCUT2D eigenvalue weighted by Gasteiger charge is 2.62. The van der Waals surface area contributed by atoms with E-state index in [2.05, 4.69) is 0 Å². The van der Waals surface area contributed by atoms with Crippen LogP contribution in [0.2, 0.25) is 0 Å². The minimum absolute atomic E-state index is 0.138. The van der Waals surface area contributed by atoms with Crippen molar-refractivity contribution in [3.05, 3.63) is 0 Å². The van der Waals surface area contributed by atoms with Crippen LogP contribution in [-0.2, 0) is 18.9 Å². The lowest BCUT2D eigenvalue weighted by Gasteiger charge is -2.36. The molecule has 1 amide bonds. The highest BCUT2D eigenvalue weighted by Crippen LogP contribution is 2.39. The topological polar surface area (TPSA) is 77.5 Å². The fourth-order valence-electron chi connectivity index (χ4n) is 2.75. The smallest absolute Gasteiger partial charge is 0.410 e. The molecule has 2 heterocycles. The summed E-state index contributed by atoms with van der Waals surface area (Å²) in [4.78, 5) is 13.7. The molecule has 0 radical (unpaired) electrons. The zero-order chi connectivity index (χ0) is 15.1. The molecule has 2 fully saturated rings. The van der Waals surface area contributed by atoms with Gasteiger partial charge in [0.2, 0.25) is 5.79 Å². The van der Waals surface area contributed by atoms with Gasteiger partial charge in [0.25, 0.3) is 0 Å². The van der Waals surface area contributed by atoms with Crippen molar-refractivity contribution >= 4 is 6.09 Å². The third kappa shape index (κ3) is 2.50. The zero-order valence-corrected chi connectivity index (χ0v) is 12.6. The lowest BCUT2D eigenvalue weighted by molar-refractivity contribution is -0.225. The number of hydrogen-bond donors (Lipinski definition) is 1. The van der Waals surface area contributed by atoms with Crippen LogP contribution in [0, 0.1) is 0 Å². The molecule has 3 atom stereocenters. The van der Waals surface area contributed by atoms with E-state index in [1.807, 2.05) is 0 Å². The molecule has 1 N–H and O–H groups in total. The molecular weight excluding hydrogens is 266 g/mol. The Labute approximate surface area is 118 Å². The van der Waals surface area contributed by atoms with Gasteiger partial charge < -0.3 is 24.1 Å². The second kappa shape index (κ2) is 5.14. The predicted octanol–water partition coefficient (Wildman–Crippen LogP) is 0.354. The van der Waals surface area contributed by atoms with Crippen LogP contribution in [0.25, 0.3) is 0 Å². The summed E-state index contributed by atoms with van der Waals surface area (Å²) in [6.07, 6.45) is -1.81. The molecular formula is C13H23NO6. The maximum atomic E-state index is 12.3. The Kier molecular flexibility index (Phi) is 3.98. The summed E-state index contributed by atoms with van der Waals surface area (Å²) < 4.78 is 21.7. The summed E-state index contributed by atoms with van der Waals surface area (Å²) in [5, 5.41) is 10.1. The van der Waals surface area contributed by atoms with Crippen LogP contribution in [0.1, 0.15) is 20.8 Å². The molecule has 20 heavy (non-hydrogen) atoms. The molecule has 0 spiro atoms. The van der Waals surface area contributed by atoms with Gasteiger partial charge in [0.1, 0.15) is 30.5 Å². The van der Waals surface area contributed by atoms with E-state index in [0.29, 0.717) is 0 Å². The number of aliphatic hydroxyl groups excluding tert-OH is 1. The van der Waals surface area contributed by atoms with Crippen molar-refractivity contribution in [2.24, 2.45) is 0 Å². The van der Waals surface area contributed by atoms with E-state index < -0.39 is 35.7 Å². The predicted molar refractivity (Wildman–Crippen MR) is 69.2 cm³/mol. The summed E-state index contributed by atoms with van der Waals surface area (Å²) in [6, 6.07) is -0.526. The largest absolute Gasteiger partial charge is 0.444 e. The first-order valence-corrected chi connectivity index (χ1v) is 6.63. The summed E-state index contributed by atoms with van der Waals surface area (Å²) in [5.41, 5.74) is -0.609. The molecule has 2 aliphatic heterocycles. The van der Waals surface area contributed by atoms with E-state index in [0.717, 1.165) is 0 Å². The van der Waals surface area contributed by atoms with Crippen molar-refractivity contribution in [3.8, 4) is 0 Å². The fourth-order valence-corrected chi connectivity index (χ4v) is 2.75. The number of ether oxygens (including phenoxy) is 4. The molecule has 0 aliphatic carbocycles. The molecule has 7 heteroatoms. The number of nitrogens with zero attached hydrogens (tertiary/aromatic N) is 1. The molecule has 2 aliphatic rings. The molecule has 0 unspecified atom stereocenters. The lowest BCUT2D eigenvalue weighted by Crippen LogP contribution is -2.55. The van der Waals surface area contributed by atoms with Crippen LogP contribution in [0.15, 0.2) is 0 Å². The lowest BCUT2D eigenvalue weighted by atomic mass is 10.0. The number of hydrogen-bond acceptors (Lipinski definition) is 6. The monoisotopic (exact) mass is 289 g/mol. The zero-order valence-electron chi connectivity index (χ0n) is 12.6. The van der Waals surface area contributed by atoms with Gasteiger partial charge in [-0.1, -0.05) is 0 Å². The average Bonchev–Trinajstić information content (AvgIpc) is 2.87. The highest BCUT2D eigenvalue weighted by atomic mass is 16.7. The molecule has 0 bridgehead atoms. The Morgan fingerprint density at radius 1 is 1.35 bits per heavy atom. The summed E-state index contributed by atoms with van der Waals surface area (Å²) in [7, 11) is 2.99. The van der Waals surface area contributed by atoms with Crippen molar-refractivity contribution < 1.29 is 28.8 Å². The fraction of sp³-hybridized carbons (Fsp3) is 0.923. The second-order valence-corrected chi connectivity index (χ2v) is 6.14. The maximum absolute atomic E-state index is 12.3. The van der Waals surface area contributed by atoms with Gasteiger partial charge in [-0.15, -0.1) is 0 Å². The van der Waals surface area contributed by atoms with E-state index in [4.69, 9.17) is 18.9 Å². The maximum Gasteiger partial charge on any atom is 0.410 e. The summed E-state index contributed by atoms with van der Waals surface area (Å²) in [5.74, 6) is -1.07. The Bertz CT molecular complexity index is 376. The van der Waals surface area contributed by atoms with Gasteiger partial charge in [-0.3, -0.25) is 4.90 Å². The minimum atomic E-state index is -1.07. The number of carbonyl (C=O) groups excluding carboxylic acids is 1. The van der Waals surface area contributed by atoms with E-state index in [1.54, 1.807) is 20.8 Å². The van der Waals surface area contributed by atoms with Crippen molar-refractivity contribution in [2.75, 3.05) is 27.4 Å². The van der Waals surface area contributed by atoms with Gasteiger partial charge in [-0.05, 0) is 20.8 Å². The Hall–Kier alpha value is -0.890. The van der Waals surface area contributed by atoms with Crippen LogP contribution in [0.4, 0.5) is 4.79 Å². The van der Waals surface area contributed by atoms with Crippen molar-refractivity contribution in [3.63, 3.8) is 0 Å². The van der Waals surface area contributed by atoms with E-state index >= 15 is 0 Å². The van der Waals surface area contributed by atoms with Crippen LogP contribution in [0.5, 0.6) is 0 Å². The highest BCUT2D eigenvalue weighted by molar-refractivity contribution is 5.69. The second-order valence-electron chi connectivity index (χ2n) is 6.14. The van der Waals surface area contributed by atoms with Crippen LogP contribution >= 0.6 is 0 Å². The van der Waals surface area contributed by atoms with Gasteiger partial charge in [0, 0.05) is 14.2 Å². The Morgan fingerprint density at radius 3 is 2.45 bits per heavy atom. The number of fused-ring (bicyclic) bond motifs is 1. The first kappa shape index (κ1) is 15.5. The Balaban J connectivity index is 2.23. The quantitative estimate of drug-likeness (QED) is 0.739. The first-order valence-electron chi connectivity index (χ1n) is 6.63. The molecule has 0 aromatic carbocycles. The minimum Gasteiger partial charge on any atom is -0.444 e. The number of rotatable bonds is 2. The molecule has 2 rings (SSSR count). The number of β-amino-alcohol motifs (C(OH)–C–C–N with tert-alkyl or cyclic N) is 1. The molecule has 2 saturated heterocycles. The van der Waals surface area contributed by atoms with E-state index in [9.17, 15) is 9.90 Å². The van der Waals surface area contributed by atoms with Gasteiger partial charge >= 0.3 is 6.09 Å². The van der Waals surface area contributed by atoms with Crippen LogP contribution < -0.4 is 0 Å². The molecule has 7 nitrogen and oxygen atoms in total. The van der Waals surface area contributed by atoms with Gasteiger partial charge in [0.15, 0.2) is 0 Å².